The molecule has 1 N–H and O–H groups in total. The molecule has 2 heterocycles. The predicted octanol–water partition coefficient (Wildman–Crippen LogP) is 1.22. The van der Waals surface area contributed by atoms with Crippen molar-refractivity contribution in [3.8, 4) is 0 Å². The first kappa shape index (κ1) is 18.2. The van der Waals surface area contributed by atoms with Gasteiger partial charge in [0.1, 0.15) is 0 Å². The van der Waals surface area contributed by atoms with Crippen molar-refractivity contribution in [3.05, 3.63) is 18.0 Å². The Bertz CT molecular complexity index is 391. The lowest BCUT2D eigenvalue weighted by Crippen LogP contribution is -2.38. The number of rotatable bonds is 3. The second-order valence-corrected chi connectivity index (χ2v) is 4.74. The average molecular weight is 309 g/mol. The standard InChI is InChI=1S/C12H20N4O.2ClH/c1-15(8-10-7-14-16(2)9-10)12(17)11-3-5-13-6-4-11;;/h7,9,11,13H,3-6,8H2,1-2H3;2*1H. The van der Waals surface area contributed by atoms with E-state index in [1.807, 2.05) is 31.4 Å². The van der Waals surface area contributed by atoms with Crippen molar-refractivity contribution in [1.29, 1.82) is 0 Å². The highest BCUT2D eigenvalue weighted by molar-refractivity contribution is 5.85. The number of hydrogen-bond donors (Lipinski definition) is 1. The molecular formula is C12H22Cl2N4O. The monoisotopic (exact) mass is 308 g/mol. The second kappa shape index (κ2) is 8.40. The van der Waals surface area contributed by atoms with Crippen molar-refractivity contribution < 1.29 is 4.79 Å². The summed E-state index contributed by atoms with van der Waals surface area (Å²) in [6.45, 7) is 2.56. The van der Waals surface area contributed by atoms with Gasteiger partial charge in [-0.1, -0.05) is 0 Å². The largest absolute Gasteiger partial charge is 0.341 e. The lowest BCUT2D eigenvalue weighted by molar-refractivity contribution is -0.135. The molecule has 1 aliphatic heterocycles. The molecule has 0 aliphatic carbocycles. The third-order valence-corrected chi connectivity index (χ3v) is 3.24. The maximum Gasteiger partial charge on any atom is 0.225 e. The van der Waals surface area contributed by atoms with E-state index in [1.54, 1.807) is 4.68 Å². The Morgan fingerprint density at radius 3 is 2.63 bits per heavy atom. The van der Waals surface area contributed by atoms with Crippen LogP contribution in [-0.4, -0.2) is 40.7 Å². The van der Waals surface area contributed by atoms with Crippen LogP contribution < -0.4 is 5.32 Å². The molecule has 1 fully saturated rings. The van der Waals surface area contributed by atoms with Crippen LogP contribution in [-0.2, 0) is 18.4 Å². The summed E-state index contributed by atoms with van der Waals surface area (Å²) in [6.07, 6.45) is 5.67. The van der Waals surface area contributed by atoms with Crippen molar-refractivity contribution >= 4 is 30.7 Å². The molecule has 0 unspecified atom stereocenters. The van der Waals surface area contributed by atoms with Gasteiger partial charge in [-0.15, -0.1) is 24.8 Å². The molecule has 19 heavy (non-hydrogen) atoms. The summed E-state index contributed by atoms with van der Waals surface area (Å²) in [4.78, 5) is 14.0. The number of carbonyl (C=O) groups is 1. The van der Waals surface area contributed by atoms with Gasteiger partial charge in [0.25, 0.3) is 0 Å². The van der Waals surface area contributed by atoms with E-state index in [4.69, 9.17) is 0 Å². The van der Waals surface area contributed by atoms with E-state index >= 15 is 0 Å². The Labute approximate surface area is 126 Å². The quantitative estimate of drug-likeness (QED) is 0.913. The summed E-state index contributed by atoms with van der Waals surface area (Å²) in [5.41, 5.74) is 1.08. The van der Waals surface area contributed by atoms with Crippen LogP contribution in [0.25, 0.3) is 0 Å². The van der Waals surface area contributed by atoms with Crippen LogP contribution in [0.2, 0.25) is 0 Å². The Morgan fingerprint density at radius 1 is 1.47 bits per heavy atom. The fourth-order valence-electron chi connectivity index (χ4n) is 2.29. The zero-order valence-electron chi connectivity index (χ0n) is 11.3. The van der Waals surface area contributed by atoms with Crippen LogP contribution in [0.15, 0.2) is 12.4 Å². The first-order valence-corrected chi connectivity index (χ1v) is 6.10. The minimum absolute atomic E-state index is 0. The topological polar surface area (TPSA) is 50.2 Å². The molecule has 0 spiro atoms. The molecule has 0 aromatic carbocycles. The average Bonchev–Trinajstić information content (AvgIpc) is 2.75. The third kappa shape index (κ3) is 5.01. The second-order valence-electron chi connectivity index (χ2n) is 4.74. The molecule has 110 valence electrons. The summed E-state index contributed by atoms with van der Waals surface area (Å²) in [5, 5.41) is 7.39. The smallest absolute Gasteiger partial charge is 0.225 e. The van der Waals surface area contributed by atoms with Gasteiger partial charge < -0.3 is 10.2 Å². The molecule has 7 heteroatoms. The van der Waals surface area contributed by atoms with Crippen LogP contribution in [0.1, 0.15) is 18.4 Å². The maximum absolute atomic E-state index is 12.2. The fraction of sp³-hybridized carbons (Fsp3) is 0.667. The molecule has 1 amide bonds. The molecular weight excluding hydrogens is 287 g/mol. The van der Waals surface area contributed by atoms with Crippen molar-refractivity contribution in [1.82, 2.24) is 20.0 Å². The third-order valence-electron chi connectivity index (χ3n) is 3.24. The Kier molecular flexibility index (Phi) is 8.06. The molecule has 1 aromatic heterocycles. The van der Waals surface area contributed by atoms with E-state index < -0.39 is 0 Å². The van der Waals surface area contributed by atoms with Gasteiger partial charge >= 0.3 is 0 Å². The van der Waals surface area contributed by atoms with Crippen molar-refractivity contribution in [3.63, 3.8) is 0 Å². The van der Waals surface area contributed by atoms with E-state index in [-0.39, 0.29) is 36.6 Å². The number of amides is 1. The molecule has 1 aromatic rings. The number of aromatic nitrogens is 2. The zero-order chi connectivity index (χ0) is 12.3. The number of carbonyl (C=O) groups excluding carboxylic acids is 1. The first-order chi connectivity index (χ1) is 8.16. The van der Waals surface area contributed by atoms with Crippen LogP contribution in [0.5, 0.6) is 0 Å². The van der Waals surface area contributed by atoms with Crippen LogP contribution >= 0.6 is 24.8 Å². The van der Waals surface area contributed by atoms with Gasteiger partial charge in [0.05, 0.1) is 6.20 Å². The highest BCUT2D eigenvalue weighted by atomic mass is 35.5. The van der Waals surface area contributed by atoms with Gasteiger partial charge in [-0.25, -0.2) is 0 Å². The van der Waals surface area contributed by atoms with Gasteiger partial charge in [-0.2, -0.15) is 5.10 Å². The van der Waals surface area contributed by atoms with Gasteiger partial charge in [-0.05, 0) is 25.9 Å². The lowest BCUT2D eigenvalue weighted by Gasteiger charge is -2.26. The number of hydrogen-bond acceptors (Lipinski definition) is 3. The molecule has 1 aliphatic rings. The number of nitrogens with one attached hydrogen (secondary N) is 1. The molecule has 5 nitrogen and oxygen atoms in total. The number of piperidine rings is 1. The Hall–Kier alpha value is -0.780. The van der Waals surface area contributed by atoms with Crippen molar-refractivity contribution in [2.24, 2.45) is 13.0 Å². The van der Waals surface area contributed by atoms with E-state index in [1.165, 1.54) is 0 Å². The molecule has 0 saturated carbocycles. The highest BCUT2D eigenvalue weighted by Crippen LogP contribution is 2.15. The van der Waals surface area contributed by atoms with Crippen molar-refractivity contribution in [2.45, 2.75) is 19.4 Å². The summed E-state index contributed by atoms with van der Waals surface area (Å²) in [6, 6.07) is 0. The zero-order valence-corrected chi connectivity index (χ0v) is 13.0. The van der Waals surface area contributed by atoms with Gasteiger partial charge in [0.2, 0.25) is 5.91 Å². The SMILES string of the molecule is CN(Cc1cnn(C)c1)C(=O)C1CCNCC1.Cl.Cl. The molecule has 0 radical (unpaired) electrons. The van der Waals surface area contributed by atoms with Gasteiger partial charge in [0.15, 0.2) is 0 Å². The van der Waals surface area contributed by atoms with Crippen molar-refractivity contribution in [2.75, 3.05) is 20.1 Å². The molecule has 1 saturated heterocycles. The molecule has 0 atom stereocenters. The van der Waals surface area contributed by atoms with Gasteiger partial charge in [0, 0.05) is 38.3 Å². The van der Waals surface area contributed by atoms with E-state index in [2.05, 4.69) is 10.4 Å². The first-order valence-electron chi connectivity index (χ1n) is 6.10. The van der Waals surface area contributed by atoms with Crippen LogP contribution in [0, 0.1) is 5.92 Å². The highest BCUT2D eigenvalue weighted by Gasteiger charge is 2.23. The number of halogens is 2. The Morgan fingerprint density at radius 2 is 2.11 bits per heavy atom. The van der Waals surface area contributed by atoms with Gasteiger partial charge in [-0.3, -0.25) is 9.48 Å². The lowest BCUT2D eigenvalue weighted by atomic mass is 9.96. The van der Waals surface area contributed by atoms with E-state index in [9.17, 15) is 4.79 Å². The number of nitrogens with zero attached hydrogens (tertiary/aromatic N) is 3. The van der Waals surface area contributed by atoms with Crippen LogP contribution in [0.3, 0.4) is 0 Å². The van der Waals surface area contributed by atoms with E-state index in [0.29, 0.717) is 6.54 Å². The fourth-order valence-corrected chi connectivity index (χ4v) is 2.29. The summed E-state index contributed by atoms with van der Waals surface area (Å²) in [7, 11) is 3.76. The Balaban J connectivity index is 0.00000162. The minimum Gasteiger partial charge on any atom is -0.341 e. The maximum atomic E-state index is 12.2. The van der Waals surface area contributed by atoms with Crippen LogP contribution in [0.4, 0.5) is 0 Å². The summed E-state index contributed by atoms with van der Waals surface area (Å²) < 4.78 is 1.76. The normalized spacial score (nSPS) is 15.3. The summed E-state index contributed by atoms with van der Waals surface area (Å²) in [5.74, 6) is 0.452. The summed E-state index contributed by atoms with van der Waals surface area (Å²) >= 11 is 0. The minimum atomic E-state index is 0. The number of aryl methyl sites for hydroxylation is 1. The molecule has 2 rings (SSSR count). The molecule has 0 bridgehead atoms. The predicted molar refractivity (Wildman–Crippen MR) is 79.8 cm³/mol. The van der Waals surface area contributed by atoms with E-state index in [0.717, 1.165) is 31.5 Å².